The Morgan fingerprint density at radius 3 is 2.82 bits per heavy atom. The van der Waals surface area contributed by atoms with Crippen molar-refractivity contribution in [3.05, 3.63) is 51.3 Å². The number of ether oxygens (including phenoxy) is 3. The van der Waals surface area contributed by atoms with Gasteiger partial charge in [0.1, 0.15) is 5.75 Å². The van der Waals surface area contributed by atoms with Crippen LogP contribution in [0.5, 0.6) is 5.75 Å². The molecule has 150 valence electrons. The maximum Gasteiger partial charge on any atom is 0.182 e. The average Bonchev–Trinajstić information content (AvgIpc) is 2.72. The molecule has 0 saturated carbocycles. The maximum absolute atomic E-state index is 12.1. The van der Waals surface area contributed by atoms with Crippen molar-refractivity contribution in [2.24, 2.45) is 5.92 Å². The van der Waals surface area contributed by atoms with Crippen LogP contribution in [0.15, 0.2) is 35.3 Å². The van der Waals surface area contributed by atoms with Gasteiger partial charge in [-0.2, -0.15) is 0 Å². The summed E-state index contributed by atoms with van der Waals surface area (Å²) in [7, 11) is 1.68. The monoisotopic (exact) mass is 403 g/mol. The number of aromatic nitrogens is 1. The summed E-state index contributed by atoms with van der Waals surface area (Å²) in [6.07, 6.45) is 5.73. The zero-order valence-electron chi connectivity index (χ0n) is 16.2. The van der Waals surface area contributed by atoms with Gasteiger partial charge in [0.2, 0.25) is 0 Å². The van der Waals surface area contributed by atoms with Crippen molar-refractivity contribution in [1.82, 2.24) is 4.57 Å². The highest BCUT2D eigenvalue weighted by Gasteiger charge is 2.31. The Morgan fingerprint density at radius 1 is 1.21 bits per heavy atom. The summed E-state index contributed by atoms with van der Waals surface area (Å²) < 4.78 is 18.8. The molecule has 0 amide bonds. The standard InChI is InChI=1S/C22H26ClNO4/c1-26-7-2-8-28-22-12-16-11-20(15-4-9-27-10-5-15)24-6-3-17(25)13-21(24)18(16)14-19(22)23/h3,6,12-15,20H,2,4-5,7-11H2,1H3. The van der Waals surface area contributed by atoms with Crippen molar-refractivity contribution in [2.45, 2.75) is 31.7 Å². The van der Waals surface area contributed by atoms with E-state index in [9.17, 15) is 4.79 Å². The molecule has 0 radical (unpaired) electrons. The number of hydrogen-bond donors (Lipinski definition) is 0. The molecule has 3 heterocycles. The first-order valence-corrected chi connectivity index (χ1v) is 10.3. The summed E-state index contributed by atoms with van der Waals surface area (Å²) in [5.74, 6) is 1.24. The van der Waals surface area contributed by atoms with Gasteiger partial charge in [-0.25, -0.2) is 0 Å². The van der Waals surface area contributed by atoms with E-state index in [1.54, 1.807) is 19.2 Å². The predicted octanol–water partition coefficient (Wildman–Crippen LogP) is 4.11. The number of rotatable bonds is 6. The summed E-state index contributed by atoms with van der Waals surface area (Å²) in [5.41, 5.74) is 3.17. The van der Waals surface area contributed by atoms with Crippen molar-refractivity contribution < 1.29 is 14.2 Å². The zero-order chi connectivity index (χ0) is 19.5. The molecular weight excluding hydrogens is 378 g/mol. The molecule has 0 spiro atoms. The number of benzene rings is 1. The molecule has 0 bridgehead atoms. The molecule has 5 nitrogen and oxygen atoms in total. The van der Waals surface area contributed by atoms with Crippen LogP contribution in [-0.4, -0.2) is 38.1 Å². The minimum Gasteiger partial charge on any atom is -0.492 e. The first-order chi connectivity index (χ1) is 13.7. The quantitative estimate of drug-likeness (QED) is 0.681. The van der Waals surface area contributed by atoms with E-state index in [0.29, 0.717) is 35.9 Å². The number of fused-ring (bicyclic) bond motifs is 3. The van der Waals surface area contributed by atoms with Crippen LogP contribution in [0.4, 0.5) is 0 Å². The molecule has 1 aromatic carbocycles. The lowest BCUT2D eigenvalue weighted by Crippen LogP contribution is -2.31. The van der Waals surface area contributed by atoms with Crippen LogP contribution in [0.2, 0.25) is 5.02 Å². The molecule has 2 aliphatic heterocycles. The van der Waals surface area contributed by atoms with Crippen LogP contribution in [0.1, 0.15) is 30.9 Å². The Balaban J connectivity index is 1.69. The van der Waals surface area contributed by atoms with Crippen LogP contribution in [0.25, 0.3) is 11.3 Å². The fraction of sp³-hybridized carbons (Fsp3) is 0.500. The van der Waals surface area contributed by atoms with E-state index < -0.39 is 0 Å². The van der Waals surface area contributed by atoms with Crippen LogP contribution in [0.3, 0.4) is 0 Å². The van der Waals surface area contributed by atoms with Gasteiger partial charge in [0.15, 0.2) is 5.43 Å². The van der Waals surface area contributed by atoms with Gasteiger partial charge in [-0.1, -0.05) is 11.6 Å². The van der Waals surface area contributed by atoms with Gasteiger partial charge in [0.05, 0.1) is 17.3 Å². The Kier molecular flexibility index (Phi) is 6.04. The third-order valence-electron chi connectivity index (χ3n) is 5.74. The molecule has 28 heavy (non-hydrogen) atoms. The van der Waals surface area contributed by atoms with Crippen LogP contribution >= 0.6 is 11.6 Å². The average molecular weight is 404 g/mol. The van der Waals surface area contributed by atoms with Crippen molar-refractivity contribution in [3.8, 4) is 17.0 Å². The van der Waals surface area contributed by atoms with E-state index in [4.69, 9.17) is 25.8 Å². The number of pyridine rings is 1. The van der Waals surface area contributed by atoms with E-state index in [0.717, 1.165) is 50.2 Å². The molecule has 1 saturated heterocycles. The van der Waals surface area contributed by atoms with Crippen LogP contribution < -0.4 is 10.2 Å². The Hall–Kier alpha value is -1.82. The molecule has 1 atom stereocenters. The molecule has 1 fully saturated rings. The SMILES string of the molecule is COCCCOc1cc2c(cc1Cl)-c1cc(=O)ccn1C(C1CCOCC1)C2. The third kappa shape index (κ3) is 3.97. The minimum atomic E-state index is 0.0147. The number of hydrogen-bond acceptors (Lipinski definition) is 4. The van der Waals surface area contributed by atoms with Gasteiger partial charge < -0.3 is 18.8 Å². The van der Waals surface area contributed by atoms with Crippen molar-refractivity contribution >= 4 is 11.6 Å². The van der Waals surface area contributed by atoms with E-state index in [1.807, 2.05) is 12.3 Å². The second kappa shape index (κ2) is 8.68. The number of methoxy groups -OCH3 is 1. The summed E-state index contributed by atoms with van der Waals surface area (Å²) in [5, 5.41) is 0.573. The van der Waals surface area contributed by atoms with E-state index in [1.165, 1.54) is 5.56 Å². The summed E-state index contributed by atoms with van der Waals surface area (Å²) in [4.78, 5) is 12.1. The second-order valence-corrected chi connectivity index (χ2v) is 7.92. The Labute approximate surface area is 170 Å². The van der Waals surface area contributed by atoms with E-state index >= 15 is 0 Å². The van der Waals surface area contributed by atoms with Gasteiger partial charge in [-0.05, 0) is 42.9 Å². The molecule has 2 aliphatic rings. The molecule has 0 aliphatic carbocycles. The van der Waals surface area contributed by atoms with Crippen LogP contribution in [-0.2, 0) is 15.9 Å². The van der Waals surface area contributed by atoms with Gasteiger partial charge in [-0.15, -0.1) is 0 Å². The van der Waals surface area contributed by atoms with Gasteiger partial charge in [0.25, 0.3) is 0 Å². The third-order valence-corrected chi connectivity index (χ3v) is 6.03. The highest BCUT2D eigenvalue weighted by Crippen LogP contribution is 2.43. The van der Waals surface area contributed by atoms with E-state index in [2.05, 4.69) is 10.6 Å². The van der Waals surface area contributed by atoms with Gasteiger partial charge in [0, 0.05) is 63.3 Å². The number of nitrogens with zero attached hydrogens (tertiary/aromatic N) is 1. The van der Waals surface area contributed by atoms with Crippen LogP contribution in [0, 0.1) is 5.92 Å². The highest BCUT2D eigenvalue weighted by molar-refractivity contribution is 6.32. The van der Waals surface area contributed by atoms with E-state index in [-0.39, 0.29) is 5.43 Å². The van der Waals surface area contributed by atoms with Gasteiger partial charge in [-0.3, -0.25) is 4.79 Å². The predicted molar refractivity (Wildman–Crippen MR) is 109 cm³/mol. The van der Waals surface area contributed by atoms with Gasteiger partial charge >= 0.3 is 0 Å². The zero-order valence-corrected chi connectivity index (χ0v) is 16.9. The van der Waals surface area contributed by atoms with Crippen molar-refractivity contribution in [2.75, 3.05) is 33.5 Å². The maximum atomic E-state index is 12.1. The lowest BCUT2D eigenvalue weighted by molar-refractivity contribution is 0.0482. The summed E-state index contributed by atoms with van der Waals surface area (Å²) >= 11 is 6.51. The topological polar surface area (TPSA) is 49.7 Å². The molecule has 0 N–H and O–H groups in total. The summed E-state index contributed by atoms with van der Waals surface area (Å²) in [6.45, 7) is 2.83. The minimum absolute atomic E-state index is 0.0147. The Bertz CT molecular complexity index is 889. The second-order valence-electron chi connectivity index (χ2n) is 7.51. The smallest absolute Gasteiger partial charge is 0.182 e. The molecule has 1 aromatic heterocycles. The molecule has 4 rings (SSSR count). The molecule has 6 heteroatoms. The molecule has 2 aromatic rings. The highest BCUT2D eigenvalue weighted by atomic mass is 35.5. The van der Waals surface area contributed by atoms with Crippen molar-refractivity contribution in [3.63, 3.8) is 0 Å². The molecular formula is C22H26ClNO4. The normalized spacial score (nSPS) is 19.1. The summed E-state index contributed by atoms with van der Waals surface area (Å²) in [6, 6.07) is 7.68. The molecule has 1 unspecified atom stereocenters. The fourth-order valence-electron chi connectivity index (χ4n) is 4.31. The first-order valence-electron chi connectivity index (χ1n) is 9.92. The lowest BCUT2D eigenvalue weighted by atomic mass is 9.82. The largest absolute Gasteiger partial charge is 0.492 e. The van der Waals surface area contributed by atoms with Crippen molar-refractivity contribution in [1.29, 1.82) is 0 Å². The fourth-order valence-corrected chi connectivity index (χ4v) is 4.53. The lowest BCUT2D eigenvalue weighted by Gasteiger charge is -2.37. The number of halogens is 1. The first kappa shape index (κ1) is 19.5. The Morgan fingerprint density at radius 2 is 2.04 bits per heavy atom.